The zero-order valence-corrected chi connectivity index (χ0v) is 18.6. The molecule has 0 fully saturated rings. The molecule has 5 nitrogen and oxygen atoms in total. The van der Waals surface area contributed by atoms with Gasteiger partial charge in [0.2, 0.25) is 11.8 Å². The van der Waals surface area contributed by atoms with Gasteiger partial charge in [-0.3, -0.25) is 9.59 Å². The van der Waals surface area contributed by atoms with Crippen molar-refractivity contribution in [3.8, 4) is 0 Å². The Kier molecular flexibility index (Phi) is 7.59. The fourth-order valence-electron chi connectivity index (χ4n) is 3.52. The molecule has 0 aromatic heterocycles. The average Bonchev–Trinajstić information content (AvgIpc) is 2.83. The van der Waals surface area contributed by atoms with Crippen LogP contribution in [0, 0.1) is 0 Å². The molecule has 0 radical (unpaired) electrons. The fourth-order valence-corrected chi connectivity index (χ4v) is 4.45. The maximum absolute atomic E-state index is 12.3. The van der Waals surface area contributed by atoms with Crippen LogP contribution in [0.25, 0.3) is 0 Å². The first-order valence-electron chi connectivity index (χ1n) is 10.7. The van der Waals surface area contributed by atoms with Crippen molar-refractivity contribution in [3.05, 3.63) is 95.6 Å². The van der Waals surface area contributed by atoms with E-state index < -0.39 is 0 Å². The maximum atomic E-state index is 12.3. The molecule has 0 aliphatic carbocycles. The zero-order chi connectivity index (χ0) is 22.2. The molecule has 32 heavy (non-hydrogen) atoms. The van der Waals surface area contributed by atoms with Gasteiger partial charge in [-0.1, -0.05) is 66.7 Å². The Balaban J connectivity index is 1.20. The average molecular weight is 447 g/mol. The highest BCUT2D eigenvalue weighted by molar-refractivity contribution is 8.00. The van der Waals surface area contributed by atoms with Gasteiger partial charge in [-0.15, -0.1) is 11.8 Å². The lowest BCUT2D eigenvalue weighted by Crippen LogP contribution is -2.38. The zero-order valence-electron chi connectivity index (χ0n) is 17.8. The summed E-state index contributed by atoms with van der Waals surface area (Å²) in [4.78, 5) is 27.4. The molecule has 164 valence electrons. The Labute approximate surface area is 192 Å². The van der Waals surface area contributed by atoms with Gasteiger partial charge in [0.1, 0.15) is 0 Å². The van der Waals surface area contributed by atoms with Crippen LogP contribution in [0.5, 0.6) is 0 Å². The van der Waals surface area contributed by atoms with Gasteiger partial charge in [0, 0.05) is 24.4 Å². The summed E-state index contributed by atoms with van der Waals surface area (Å²) in [5.41, 5.74) is 4.17. The van der Waals surface area contributed by atoms with Crippen LogP contribution in [0.1, 0.15) is 23.1 Å². The highest BCUT2D eigenvalue weighted by atomic mass is 32.2. The Morgan fingerprint density at radius 2 is 1.53 bits per heavy atom. The summed E-state index contributed by atoms with van der Waals surface area (Å²) in [7, 11) is 0. The third-order valence-corrected chi connectivity index (χ3v) is 6.31. The molecule has 3 aromatic rings. The highest BCUT2D eigenvalue weighted by Crippen LogP contribution is 2.34. The minimum atomic E-state index is -0.0659. The minimum absolute atomic E-state index is 0.0478. The monoisotopic (exact) mass is 446 g/mol. The van der Waals surface area contributed by atoms with Gasteiger partial charge in [-0.25, -0.2) is 0 Å². The minimum Gasteiger partial charge on any atom is -0.372 e. The third-order valence-electron chi connectivity index (χ3n) is 5.26. The van der Waals surface area contributed by atoms with E-state index in [-0.39, 0.29) is 18.2 Å². The number of thioether (sulfide) groups is 1. The van der Waals surface area contributed by atoms with Crippen molar-refractivity contribution in [1.82, 2.24) is 5.32 Å². The van der Waals surface area contributed by atoms with E-state index in [9.17, 15) is 9.59 Å². The standard InChI is InChI=1S/C26H26N2O3S/c29-25(14-15-28-23-8-4-5-9-24(23)32-19-26(28)30)27-16-20-10-12-22(13-11-20)18-31-17-21-6-2-1-3-7-21/h1-13H,14-19H2,(H,27,29). The Bertz CT molecular complexity index is 1050. The molecule has 3 aromatic carbocycles. The lowest BCUT2D eigenvalue weighted by atomic mass is 10.1. The lowest BCUT2D eigenvalue weighted by molar-refractivity contribution is -0.121. The number of hydrogen-bond donors (Lipinski definition) is 1. The van der Waals surface area contributed by atoms with Gasteiger partial charge in [0.25, 0.3) is 0 Å². The molecular weight excluding hydrogens is 420 g/mol. The number of fused-ring (bicyclic) bond motifs is 1. The summed E-state index contributed by atoms with van der Waals surface area (Å²) in [6.07, 6.45) is 0.274. The van der Waals surface area contributed by atoms with Gasteiger partial charge >= 0.3 is 0 Å². The molecular formula is C26H26N2O3S. The van der Waals surface area contributed by atoms with E-state index >= 15 is 0 Å². The van der Waals surface area contributed by atoms with E-state index in [2.05, 4.69) is 5.32 Å². The second kappa shape index (κ2) is 11.0. The van der Waals surface area contributed by atoms with E-state index in [0.29, 0.717) is 32.1 Å². The number of amides is 2. The second-order valence-corrected chi connectivity index (χ2v) is 8.64. The summed E-state index contributed by atoms with van der Waals surface area (Å²) >= 11 is 1.55. The molecule has 0 saturated heterocycles. The van der Waals surface area contributed by atoms with Crippen LogP contribution in [0.4, 0.5) is 5.69 Å². The van der Waals surface area contributed by atoms with E-state index in [1.165, 1.54) is 0 Å². The van der Waals surface area contributed by atoms with Crippen LogP contribution in [-0.2, 0) is 34.1 Å². The number of hydrogen-bond acceptors (Lipinski definition) is 4. The van der Waals surface area contributed by atoms with Crippen molar-refractivity contribution in [1.29, 1.82) is 0 Å². The fraction of sp³-hybridized carbons (Fsp3) is 0.231. The van der Waals surface area contributed by atoms with Crippen LogP contribution in [0.15, 0.2) is 83.8 Å². The number of rotatable bonds is 9. The van der Waals surface area contributed by atoms with Crippen molar-refractivity contribution in [3.63, 3.8) is 0 Å². The largest absolute Gasteiger partial charge is 0.372 e. The first kappa shape index (κ1) is 22.1. The van der Waals surface area contributed by atoms with E-state index in [1.54, 1.807) is 16.7 Å². The summed E-state index contributed by atoms with van der Waals surface area (Å²) in [6.45, 7) is 1.98. The molecule has 1 heterocycles. The van der Waals surface area contributed by atoms with Crippen LogP contribution in [-0.4, -0.2) is 24.1 Å². The Hall–Kier alpha value is -3.09. The predicted molar refractivity (Wildman–Crippen MR) is 127 cm³/mol. The summed E-state index contributed by atoms with van der Waals surface area (Å²) < 4.78 is 5.76. The summed E-state index contributed by atoms with van der Waals surface area (Å²) in [6, 6.07) is 26.0. The SMILES string of the molecule is O=C(CCN1C(=O)CSc2ccccc21)NCc1ccc(COCc2ccccc2)cc1. The van der Waals surface area contributed by atoms with E-state index in [1.807, 2.05) is 78.9 Å². The predicted octanol–water partition coefficient (Wildman–Crippen LogP) is 4.55. The molecule has 0 saturated carbocycles. The van der Waals surface area contributed by atoms with Crippen LogP contribution in [0.2, 0.25) is 0 Å². The van der Waals surface area contributed by atoms with E-state index in [4.69, 9.17) is 4.74 Å². The Morgan fingerprint density at radius 3 is 2.31 bits per heavy atom. The second-order valence-electron chi connectivity index (χ2n) is 7.62. The van der Waals surface area contributed by atoms with Gasteiger partial charge in [0.05, 0.1) is 24.7 Å². The van der Waals surface area contributed by atoms with Crippen LogP contribution >= 0.6 is 11.8 Å². The number of nitrogens with one attached hydrogen (secondary N) is 1. The molecule has 0 atom stereocenters. The first-order chi connectivity index (χ1) is 15.7. The third kappa shape index (κ3) is 5.99. The van der Waals surface area contributed by atoms with Crippen molar-refractivity contribution in [2.45, 2.75) is 31.1 Å². The molecule has 0 spiro atoms. The quantitative estimate of drug-likeness (QED) is 0.524. The van der Waals surface area contributed by atoms with Crippen LogP contribution in [0.3, 0.4) is 0 Å². The molecule has 1 N–H and O–H groups in total. The number of ether oxygens (including phenoxy) is 1. The smallest absolute Gasteiger partial charge is 0.237 e. The number of anilines is 1. The van der Waals surface area contributed by atoms with Gasteiger partial charge < -0.3 is 15.0 Å². The summed E-state index contributed by atoms with van der Waals surface area (Å²) in [5, 5.41) is 2.95. The number of carbonyl (C=O) groups is 2. The van der Waals surface area contributed by atoms with Gasteiger partial charge in [-0.2, -0.15) is 0 Å². The summed E-state index contributed by atoms with van der Waals surface area (Å²) in [5.74, 6) is 0.399. The normalized spacial score (nSPS) is 13.0. The maximum Gasteiger partial charge on any atom is 0.237 e. The highest BCUT2D eigenvalue weighted by Gasteiger charge is 2.24. The molecule has 6 heteroatoms. The van der Waals surface area contributed by atoms with Crippen molar-refractivity contribution < 1.29 is 14.3 Å². The molecule has 2 amide bonds. The Morgan fingerprint density at radius 1 is 0.875 bits per heavy atom. The molecule has 1 aliphatic heterocycles. The number of nitrogens with zero attached hydrogens (tertiary/aromatic N) is 1. The number of para-hydroxylation sites is 1. The van der Waals surface area contributed by atoms with Gasteiger partial charge in [-0.05, 0) is 28.8 Å². The van der Waals surface area contributed by atoms with Crippen molar-refractivity contribution >= 4 is 29.3 Å². The number of benzene rings is 3. The molecule has 1 aliphatic rings. The molecule has 0 bridgehead atoms. The topological polar surface area (TPSA) is 58.6 Å². The molecule has 0 unspecified atom stereocenters. The first-order valence-corrected chi connectivity index (χ1v) is 11.7. The van der Waals surface area contributed by atoms with Gasteiger partial charge in [0.15, 0.2) is 0 Å². The molecule has 4 rings (SSSR count). The van der Waals surface area contributed by atoms with Crippen LogP contribution < -0.4 is 10.2 Å². The lowest BCUT2D eigenvalue weighted by Gasteiger charge is -2.28. The van der Waals surface area contributed by atoms with Crippen molar-refractivity contribution in [2.75, 3.05) is 17.2 Å². The van der Waals surface area contributed by atoms with E-state index in [0.717, 1.165) is 27.3 Å². The van der Waals surface area contributed by atoms with Crippen molar-refractivity contribution in [2.24, 2.45) is 0 Å². The number of carbonyl (C=O) groups excluding carboxylic acids is 2.